The number of nitrogens with one attached hydrogen (secondary N) is 1. The SMILES string of the molecule is O=C1NC(=O)N(C2CCCCC2)C(=O)C1=Cc1ccc(OCc2ccc(I)cc2)c(I)c1. The molecule has 0 unspecified atom stereocenters. The summed E-state index contributed by atoms with van der Waals surface area (Å²) < 4.78 is 7.97. The number of rotatable bonds is 5. The third kappa shape index (κ3) is 5.33. The standard InChI is InChI=1S/C24H22I2N2O4/c25-17-9-6-15(7-10-17)14-32-21-11-8-16(13-20(21)26)12-19-22(29)27-24(31)28(23(19)30)18-4-2-1-3-5-18/h6-13,18H,1-5,14H2,(H,27,29,31). The van der Waals surface area contributed by atoms with Crippen LogP contribution in [0.15, 0.2) is 48.0 Å². The summed E-state index contributed by atoms with van der Waals surface area (Å²) in [4.78, 5) is 39.0. The summed E-state index contributed by atoms with van der Waals surface area (Å²) >= 11 is 4.44. The smallest absolute Gasteiger partial charge is 0.331 e. The molecule has 1 heterocycles. The van der Waals surface area contributed by atoms with Gasteiger partial charge in [0.05, 0.1) is 3.57 Å². The number of barbiturate groups is 1. The molecule has 166 valence electrons. The van der Waals surface area contributed by atoms with Crippen molar-refractivity contribution in [1.82, 2.24) is 10.2 Å². The van der Waals surface area contributed by atoms with E-state index in [4.69, 9.17) is 4.74 Å². The Kier molecular flexibility index (Phi) is 7.49. The number of benzene rings is 2. The van der Waals surface area contributed by atoms with Gasteiger partial charge in [0.25, 0.3) is 11.8 Å². The minimum absolute atomic E-state index is 0.0152. The molecule has 0 spiro atoms. The van der Waals surface area contributed by atoms with Crippen LogP contribution in [0.25, 0.3) is 6.08 Å². The zero-order valence-electron chi connectivity index (χ0n) is 17.3. The Hall–Kier alpha value is -1.95. The highest BCUT2D eigenvalue weighted by atomic mass is 127. The third-order valence-electron chi connectivity index (χ3n) is 5.65. The van der Waals surface area contributed by atoms with Crippen molar-refractivity contribution < 1.29 is 19.1 Å². The summed E-state index contributed by atoms with van der Waals surface area (Å²) in [5, 5.41) is 2.33. The summed E-state index contributed by atoms with van der Waals surface area (Å²) in [6.07, 6.45) is 6.19. The molecular weight excluding hydrogens is 634 g/mol. The number of urea groups is 1. The number of imide groups is 2. The molecule has 8 heteroatoms. The van der Waals surface area contributed by atoms with Crippen LogP contribution in [0.5, 0.6) is 5.75 Å². The van der Waals surface area contributed by atoms with Crippen molar-refractivity contribution in [3.63, 3.8) is 0 Å². The maximum absolute atomic E-state index is 13.0. The van der Waals surface area contributed by atoms with E-state index in [-0.39, 0.29) is 11.6 Å². The fourth-order valence-corrected chi connectivity index (χ4v) is 5.03. The quantitative estimate of drug-likeness (QED) is 0.271. The maximum atomic E-state index is 13.0. The predicted octanol–water partition coefficient (Wildman–Crippen LogP) is 5.27. The van der Waals surface area contributed by atoms with Crippen LogP contribution in [-0.2, 0) is 16.2 Å². The number of carbonyl (C=O) groups is 3. The van der Waals surface area contributed by atoms with Gasteiger partial charge in [-0.2, -0.15) is 0 Å². The van der Waals surface area contributed by atoms with Crippen molar-refractivity contribution in [3.8, 4) is 5.75 Å². The van der Waals surface area contributed by atoms with E-state index in [1.54, 1.807) is 12.1 Å². The Balaban J connectivity index is 1.50. The molecule has 0 atom stereocenters. The van der Waals surface area contributed by atoms with Gasteiger partial charge in [0.2, 0.25) is 0 Å². The van der Waals surface area contributed by atoms with Gasteiger partial charge in [-0.3, -0.25) is 19.8 Å². The Morgan fingerprint density at radius 2 is 1.72 bits per heavy atom. The van der Waals surface area contributed by atoms with Gasteiger partial charge in [0.1, 0.15) is 17.9 Å². The Labute approximate surface area is 214 Å². The van der Waals surface area contributed by atoms with Crippen LogP contribution in [0.2, 0.25) is 0 Å². The number of ether oxygens (including phenoxy) is 1. The molecule has 1 aliphatic heterocycles. The molecule has 2 aromatic carbocycles. The van der Waals surface area contributed by atoms with E-state index in [2.05, 4.69) is 50.5 Å². The largest absolute Gasteiger partial charge is 0.488 e. The van der Waals surface area contributed by atoms with Crippen molar-refractivity contribution in [3.05, 3.63) is 66.3 Å². The first-order valence-electron chi connectivity index (χ1n) is 10.5. The molecular formula is C24H22I2N2O4. The molecule has 0 aromatic heterocycles. The van der Waals surface area contributed by atoms with Crippen LogP contribution in [0.3, 0.4) is 0 Å². The number of amides is 4. The van der Waals surface area contributed by atoms with E-state index in [0.717, 1.165) is 47.0 Å². The van der Waals surface area contributed by atoms with Gasteiger partial charge in [-0.05, 0) is 99.5 Å². The topological polar surface area (TPSA) is 75.7 Å². The van der Waals surface area contributed by atoms with Crippen molar-refractivity contribution in [2.24, 2.45) is 0 Å². The predicted molar refractivity (Wildman–Crippen MR) is 138 cm³/mol. The van der Waals surface area contributed by atoms with Crippen LogP contribution in [0.4, 0.5) is 4.79 Å². The molecule has 4 rings (SSSR count). The van der Waals surface area contributed by atoms with E-state index >= 15 is 0 Å². The number of halogens is 2. The Bertz CT molecular complexity index is 1080. The molecule has 1 saturated carbocycles. The highest BCUT2D eigenvalue weighted by Gasteiger charge is 2.40. The maximum Gasteiger partial charge on any atom is 0.331 e. The second-order valence-corrected chi connectivity index (χ2v) is 10.3. The Morgan fingerprint density at radius 1 is 1.00 bits per heavy atom. The minimum atomic E-state index is -0.652. The molecule has 2 aromatic rings. The molecule has 32 heavy (non-hydrogen) atoms. The van der Waals surface area contributed by atoms with Crippen molar-refractivity contribution >= 4 is 69.1 Å². The zero-order chi connectivity index (χ0) is 22.7. The number of carbonyl (C=O) groups excluding carboxylic acids is 3. The average Bonchev–Trinajstić information content (AvgIpc) is 2.78. The zero-order valence-corrected chi connectivity index (χ0v) is 21.6. The lowest BCUT2D eigenvalue weighted by Gasteiger charge is -2.35. The number of hydrogen-bond acceptors (Lipinski definition) is 4. The van der Waals surface area contributed by atoms with Gasteiger partial charge in [-0.1, -0.05) is 37.5 Å². The van der Waals surface area contributed by atoms with E-state index in [1.165, 1.54) is 8.47 Å². The van der Waals surface area contributed by atoms with E-state index < -0.39 is 17.8 Å². The first kappa shape index (κ1) is 23.2. The summed E-state index contributed by atoms with van der Waals surface area (Å²) in [5.74, 6) is -0.439. The lowest BCUT2D eigenvalue weighted by atomic mass is 9.93. The van der Waals surface area contributed by atoms with Gasteiger partial charge in [-0.25, -0.2) is 4.79 Å². The monoisotopic (exact) mass is 656 g/mol. The third-order valence-corrected chi connectivity index (χ3v) is 7.21. The Morgan fingerprint density at radius 3 is 2.41 bits per heavy atom. The van der Waals surface area contributed by atoms with Crippen molar-refractivity contribution in [2.45, 2.75) is 44.8 Å². The lowest BCUT2D eigenvalue weighted by Crippen LogP contribution is -2.58. The minimum Gasteiger partial charge on any atom is -0.488 e. The van der Waals surface area contributed by atoms with Crippen LogP contribution in [-0.4, -0.2) is 28.8 Å². The molecule has 4 amide bonds. The van der Waals surface area contributed by atoms with Crippen LogP contribution >= 0.6 is 45.2 Å². The van der Waals surface area contributed by atoms with Gasteiger partial charge in [0, 0.05) is 9.61 Å². The first-order valence-corrected chi connectivity index (χ1v) is 12.7. The summed E-state index contributed by atoms with van der Waals surface area (Å²) in [7, 11) is 0. The number of nitrogens with zero attached hydrogens (tertiary/aromatic N) is 1. The molecule has 2 fully saturated rings. The summed E-state index contributed by atoms with van der Waals surface area (Å²) in [5.41, 5.74) is 1.76. The van der Waals surface area contributed by atoms with E-state index in [1.807, 2.05) is 36.4 Å². The molecule has 0 bridgehead atoms. The van der Waals surface area contributed by atoms with Gasteiger partial charge in [-0.15, -0.1) is 0 Å². The molecule has 1 aliphatic carbocycles. The van der Waals surface area contributed by atoms with Crippen molar-refractivity contribution in [1.29, 1.82) is 0 Å². The average molecular weight is 656 g/mol. The molecule has 2 aliphatic rings. The van der Waals surface area contributed by atoms with Crippen LogP contribution in [0, 0.1) is 7.14 Å². The second-order valence-electron chi connectivity index (χ2n) is 7.89. The van der Waals surface area contributed by atoms with Gasteiger partial charge in [0.15, 0.2) is 0 Å². The molecule has 1 saturated heterocycles. The lowest BCUT2D eigenvalue weighted by molar-refractivity contribution is -0.132. The van der Waals surface area contributed by atoms with Crippen LogP contribution < -0.4 is 10.1 Å². The molecule has 0 radical (unpaired) electrons. The number of hydrogen-bond donors (Lipinski definition) is 1. The van der Waals surface area contributed by atoms with Crippen LogP contribution in [0.1, 0.15) is 43.2 Å². The second kappa shape index (κ2) is 10.3. The molecule has 1 N–H and O–H groups in total. The normalized spacial score (nSPS) is 18.8. The fraction of sp³-hybridized carbons (Fsp3) is 0.292. The van der Waals surface area contributed by atoms with E-state index in [9.17, 15) is 14.4 Å². The summed E-state index contributed by atoms with van der Waals surface area (Å²) in [6.45, 7) is 0.451. The van der Waals surface area contributed by atoms with Gasteiger partial charge < -0.3 is 4.74 Å². The van der Waals surface area contributed by atoms with Gasteiger partial charge >= 0.3 is 6.03 Å². The van der Waals surface area contributed by atoms with Crippen molar-refractivity contribution in [2.75, 3.05) is 0 Å². The van der Waals surface area contributed by atoms with E-state index in [0.29, 0.717) is 12.2 Å². The first-order chi connectivity index (χ1) is 15.4. The fourth-order valence-electron chi connectivity index (χ4n) is 3.97. The molecule has 6 nitrogen and oxygen atoms in total. The highest BCUT2D eigenvalue weighted by molar-refractivity contribution is 14.1. The summed E-state index contributed by atoms with van der Waals surface area (Å²) in [6, 6.07) is 12.9. The highest BCUT2D eigenvalue weighted by Crippen LogP contribution is 2.28.